The lowest BCUT2D eigenvalue weighted by Gasteiger charge is -2.15. The standard InChI is InChI=1S/C16H15N3O/c20-16(14-9-17-10-19(14)12-6-7-12)13-5-1-3-11-4-2-8-18-15(11)13/h1-5,8-10,12,16,20H,6-7H2. The van der Waals surface area contributed by atoms with Gasteiger partial charge in [0.2, 0.25) is 0 Å². The van der Waals surface area contributed by atoms with Crippen molar-refractivity contribution in [2.75, 3.05) is 0 Å². The summed E-state index contributed by atoms with van der Waals surface area (Å²) < 4.78 is 2.09. The van der Waals surface area contributed by atoms with Crippen LogP contribution in [0.4, 0.5) is 0 Å². The van der Waals surface area contributed by atoms with Crippen LogP contribution in [0.3, 0.4) is 0 Å². The van der Waals surface area contributed by atoms with E-state index < -0.39 is 6.10 Å². The lowest BCUT2D eigenvalue weighted by Crippen LogP contribution is -2.08. The van der Waals surface area contributed by atoms with Crippen LogP contribution in [0.15, 0.2) is 49.1 Å². The van der Waals surface area contributed by atoms with Crippen LogP contribution in [-0.2, 0) is 0 Å². The molecular formula is C16H15N3O. The topological polar surface area (TPSA) is 50.9 Å². The molecule has 0 bridgehead atoms. The maximum Gasteiger partial charge on any atom is 0.123 e. The maximum atomic E-state index is 10.7. The van der Waals surface area contributed by atoms with Gasteiger partial charge in [0.15, 0.2) is 0 Å². The number of pyridine rings is 1. The molecule has 1 aromatic carbocycles. The lowest BCUT2D eigenvalue weighted by molar-refractivity contribution is 0.211. The molecule has 4 rings (SSSR count). The Hall–Kier alpha value is -2.20. The van der Waals surface area contributed by atoms with Gasteiger partial charge in [0.05, 0.1) is 23.7 Å². The van der Waals surface area contributed by atoms with Gasteiger partial charge in [-0.25, -0.2) is 4.98 Å². The number of hydrogen-bond acceptors (Lipinski definition) is 3. The van der Waals surface area contributed by atoms with Crippen molar-refractivity contribution in [2.24, 2.45) is 0 Å². The SMILES string of the molecule is OC(c1cccc2cccnc12)c1cncn1C1CC1. The molecule has 0 amide bonds. The second kappa shape index (κ2) is 4.42. The molecule has 1 aliphatic carbocycles. The van der Waals surface area contributed by atoms with Crippen LogP contribution in [0, 0.1) is 0 Å². The van der Waals surface area contributed by atoms with Crippen molar-refractivity contribution >= 4 is 10.9 Å². The molecule has 2 heterocycles. The van der Waals surface area contributed by atoms with Gasteiger partial charge in [-0.05, 0) is 18.9 Å². The summed E-state index contributed by atoms with van der Waals surface area (Å²) in [5, 5.41) is 11.8. The molecule has 0 aliphatic heterocycles. The fourth-order valence-corrected chi connectivity index (χ4v) is 2.69. The molecule has 1 atom stereocenters. The number of para-hydroxylation sites is 1. The van der Waals surface area contributed by atoms with Crippen LogP contribution >= 0.6 is 0 Å². The number of fused-ring (bicyclic) bond motifs is 1. The number of imidazole rings is 1. The van der Waals surface area contributed by atoms with Crippen LogP contribution in [0.1, 0.15) is 36.2 Å². The Morgan fingerprint density at radius 3 is 2.90 bits per heavy atom. The molecule has 20 heavy (non-hydrogen) atoms. The normalized spacial score (nSPS) is 16.4. The number of rotatable bonds is 3. The minimum Gasteiger partial charge on any atom is -0.382 e. The lowest BCUT2D eigenvalue weighted by atomic mass is 10.0. The summed E-state index contributed by atoms with van der Waals surface area (Å²) in [6.45, 7) is 0. The summed E-state index contributed by atoms with van der Waals surface area (Å²) in [7, 11) is 0. The quantitative estimate of drug-likeness (QED) is 0.792. The fraction of sp³-hybridized carbons (Fsp3) is 0.250. The van der Waals surface area contributed by atoms with Crippen LogP contribution < -0.4 is 0 Å². The third kappa shape index (κ3) is 1.80. The average molecular weight is 265 g/mol. The van der Waals surface area contributed by atoms with E-state index >= 15 is 0 Å². The third-order valence-electron chi connectivity index (χ3n) is 3.87. The Labute approximate surface area is 116 Å². The Kier molecular flexibility index (Phi) is 2.57. The van der Waals surface area contributed by atoms with E-state index in [4.69, 9.17) is 0 Å². The van der Waals surface area contributed by atoms with Crippen molar-refractivity contribution in [1.82, 2.24) is 14.5 Å². The van der Waals surface area contributed by atoms with Gasteiger partial charge >= 0.3 is 0 Å². The van der Waals surface area contributed by atoms with Crippen molar-refractivity contribution in [2.45, 2.75) is 25.0 Å². The summed E-state index contributed by atoms with van der Waals surface area (Å²) >= 11 is 0. The van der Waals surface area contributed by atoms with Crippen LogP contribution in [-0.4, -0.2) is 19.6 Å². The number of nitrogens with zero attached hydrogens (tertiary/aromatic N) is 3. The first kappa shape index (κ1) is 11.6. The van der Waals surface area contributed by atoms with Crippen LogP contribution in [0.2, 0.25) is 0 Å². The molecular weight excluding hydrogens is 250 g/mol. The van der Waals surface area contributed by atoms with Gasteiger partial charge < -0.3 is 9.67 Å². The van der Waals surface area contributed by atoms with Crippen molar-refractivity contribution in [3.05, 3.63) is 60.3 Å². The van der Waals surface area contributed by atoms with E-state index in [1.807, 2.05) is 36.7 Å². The Morgan fingerprint density at radius 2 is 2.05 bits per heavy atom. The van der Waals surface area contributed by atoms with Crippen molar-refractivity contribution in [3.8, 4) is 0 Å². The van der Waals surface area contributed by atoms with E-state index in [0.717, 1.165) is 22.2 Å². The molecule has 1 N–H and O–H groups in total. The van der Waals surface area contributed by atoms with Gasteiger partial charge in [-0.3, -0.25) is 4.98 Å². The van der Waals surface area contributed by atoms with Crippen molar-refractivity contribution in [3.63, 3.8) is 0 Å². The van der Waals surface area contributed by atoms with Gasteiger partial charge in [-0.2, -0.15) is 0 Å². The Morgan fingerprint density at radius 1 is 1.20 bits per heavy atom. The van der Waals surface area contributed by atoms with Gasteiger partial charge in [0, 0.05) is 23.2 Å². The molecule has 4 nitrogen and oxygen atoms in total. The number of hydrogen-bond donors (Lipinski definition) is 1. The number of aliphatic hydroxyl groups excluding tert-OH is 1. The first-order chi connectivity index (χ1) is 9.84. The second-order valence-electron chi connectivity index (χ2n) is 5.28. The highest BCUT2D eigenvalue weighted by molar-refractivity contribution is 5.82. The zero-order valence-corrected chi connectivity index (χ0v) is 11.0. The van der Waals surface area contributed by atoms with Gasteiger partial charge in [-0.1, -0.05) is 24.3 Å². The van der Waals surface area contributed by atoms with E-state index in [2.05, 4.69) is 14.5 Å². The highest BCUT2D eigenvalue weighted by atomic mass is 16.3. The first-order valence-corrected chi connectivity index (χ1v) is 6.88. The van der Waals surface area contributed by atoms with Gasteiger partial charge in [-0.15, -0.1) is 0 Å². The molecule has 2 aromatic heterocycles. The van der Waals surface area contributed by atoms with E-state index in [-0.39, 0.29) is 0 Å². The maximum absolute atomic E-state index is 10.7. The van der Waals surface area contributed by atoms with E-state index in [1.54, 1.807) is 12.4 Å². The largest absolute Gasteiger partial charge is 0.382 e. The molecule has 1 aliphatic rings. The summed E-state index contributed by atoms with van der Waals surface area (Å²) in [4.78, 5) is 8.61. The summed E-state index contributed by atoms with van der Waals surface area (Å²) in [5.74, 6) is 0. The molecule has 3 aromatic rings. The van der Waals surface area contributed by atoms with Crippen LogP contribution in [0.25, 0.3) is 10.9 Å². The van der Waals surface area contributed by atoms with Crippen molar-refractivity contribution < 1.29 is 5.11 Å². The highest BCUT2D eigenvalue weighted by Gasteiger charge is 2.28. The Bertz CT molecular complexity index is 756. The van der Waals surface area contributed by atoms with Gasteiger partial charge in [0.25, 0.3) is 0 Å². The molecule has 4 heteroatoms. The molecule has 0 radical (unpaired) electrons. The zero-order valence-electron chi connectivity index (χ0n) is 11.0. The minimum absolute atomic E-state index is 0.505. The summed E-state index contributed by atoms with van der Waals surface area (Å²) in [5.41, 5.74) is 2.54. The number of aliphatic hydroxyl groups is 1. The minimum atomic E-state index is -0.684. The fourth-order valence-electron chi connectivity index (χ4n) is 2.69. The third-order valence-corrected chi connectivity index (χ3v) is 3.87. The molecule has 0 saturated heterocycles. The van der Waals surface area contributed by atoms with E-state index in [9.17, 15) is 5.11 Å². The monoisotopic (exact) mass is 265 g/mol. The molecule has 1 unspecified atom stereocenters. The molecule has 1 saturated carbocycles. The average Bonchev–Trinajstić information content (AvgIpc) is 3.23. The number of benzene rings is 1. The number of aromatic nitrogens is 3. The van der Waals surface area contributed by atoms with Gasteiger partial charge in [0.1, 0.15) is 6.10 Å². The van der Waals surface area contributed by atoms with E-state index in [0.29, 0.717) is 6.04 Å². The van der Waals surface area contributed by atoms with Crippen molar-refractivity contribution in [1.29, 1.82) is 0 Å². The smallest absolute Gasteiger partial charge is 0.123 e. The predicted octanol–water partition coefficient (Wildman–Crippen LogP) is 2.85. The van der Waals surface area contributed by atoms with E-state index in [1.165, 1.54) is 12.8 Å². The molecule has 1 fully saturated rings. The predicted molar refractivity (Wildman–Crippen MR) is 76.3 cm³/mol. The molecule has 0 spiro atoms. The second-order valence-corrected chi connectivity index (χ2v) is 5.28. The summed E-state index contributed by atoms with van der Waals surface area (Å²) in [6, 6.07) is 10.3. The summed E-state index contributed by atoms with van der Waals surface area (Å²) in [6.07, 6.45) is 6.99. The first-order valence-electron chi connectivity index (χ1n) is 6.88. The zero-order chi connectivity index (χ0) is 13.5. The molecule has 100 valence electrons. The van der Waals surface area contributed by atoms with Crippen LogP contribution in [0.5, 0.6) is 0 Å². The Balaban J connectivity index is 1.84. The highest BCUT2D eigenvalue weighted by Crippen LogP contribution is 2.38.